The molecule has 1 amide bonds. The molecule has 0 aliphatic carbocycles. The van der Waals surface area contributed by atoms with E-state index in [4.69, 9.17) is 4.74 Å². The average molecular weight is 402 g/mol. The van der Waals surface area contributed by atoms with Gasteiger partial charge in [0.25, 0.3) is 5.91 Å². The third kappa shape index (κ3) is 5.79. The molecule has 152 valence electrons. The third-order valence-corrected chi connectivity index (χ3v) is 5.85. The number of carbonyl (C=O) groups excluding carboxylic acids is 1. The minimum atomic E-state index is -0.0609. The molecule has 1 aliphatic rings. The first kappa shape index (κ1) is 20.8. The second kappa shape index (κ2) is 10.0. The lowest BCUT2D eigenvalue weighted by molar-refractivity contribution is 0.0906. The molecule has 1 saturated heterocycles. The van der Waals surface area contributed by atoms with E-state index in [1.807, 2.05) is 43.5 Å². The van der Waals surface area contributed by atoms with E-state index in [0.717, 1.165) is 42.3 Å². The largest absolute Gasteiger partial charge is 0.491 e. The highest BCUT2D eigenvalue weighted by Gasteiger charge is 2.22. The molecule has 0 radical (unpaired) electrons. The zero-order valence-electron chi connectivity index (χ0n) is 17.1. The van der Waals surface area contributed by atoms with Crippen molar-refractivity contribution in [2.24, 2.45) is 0 Å². The lowest BCUT2D eigenvalue weighted by Gasteiger charge is -2.32. The van der Waals surface area contributed by atoms with E-state index in [0.29, 0.717) is 5.69 Å². The zero-order chi connectivity index (χ0) is 19.9. The molecular weight excluding hydrogens is 370 g/mol. The Bertz CT molecular complexity index is 749. The van der Waals surface area contributed by atoms with Gasteiger partial charge in [0.1, 0.15) is 16.5 Å². The summed E-state index contributed by atoms with van der Waals surface area (Å²) in [5.74, 6) is 0.785. The highest BCUT2D eigenvalue weighted by molar-refractivity contribution is 7.13. The van der Waals surface area contributed by atoms with Gasteiger partial charge in [0, 0.05) is 30.1 Å². The lowest BCUT2D eigenvalue weighted by atomic mass is 10.0. The van der Waals surface area contributed by atoms with Crippen LogP contribution in [0.2, 0.25) is 0 Å². The second-order valence-electron chi connectivity index (χ2n) is 7.67. The van der Waals surface area contributed by atoms with Crippen LogP contribution in [0, 0.1) is 0 Å². The van der Waals surface area contributed by atoms with Crippen LogP contribution in [0.25, 0.3) is 10.6 Å². The van der Waals surface area contributed by atoms with Crippen molar-refractivity contribution in [3.8, 4) is 16.3 Å². The number of piperidine rings is 1. The van der Waals surface area contributed by atoms with Crippen LogP contribution in [0.15, 0.2) is 29.6 Å². The zero-order valence-corrected chi connectivity index (χ0v) is 17.9. The number of carbonyl (C=O) groups is 1. The molecule has 2 heterocycles. The normalized spacial score (nSPS) is 15.7. The Labute approximate surface area is 172 Å². The number of hydrogen-bond acceptors (Lipinski definition) is 5. The first-order valence-corrected chi connectivity index (χ1v) is 11.2. The predicted octanol–water partition coefficient (Wildman–Crippen LogP) is 4.59. The van der Waals surface area contributed by atoms with Gasteiger partial charge in [-0.1, -0.05) is 13.3 Å². The lowest BCUT2D eigenvalue weighted by Crippen LogP contribution is -2.44. The topological polar surface area (TPSA) is 54.5 Å². The minimum Gasteiger partial charge on any atom is -0.491 e. The van der Waals surface area contributed by atoms with Crippen LogP contribution >= 0.6 is 11.3 Å². The maximum Gasteiger partial charge on any atom is 0.270 e. The van der Waals surface area contributed by atoms with Gasteiger partial charge in [0.15, 0.2) is 0 Å². The summed E-state index contributed by atoms with van der Waals surface area (Å²) in [6.07, 6.45) is 4.67. The van der Waals surface area contributed by atoms with Crippen molar-refractivity contribution in [1.82, 2.24) is 15.2 Å². The Morgan fingerprint density at radius 2 is 2.00 bits per heavy atom. The first-order chi connectivity index (χ1) is 13.5. The Morgan fingerprint density at radius 3 is 2.64 bits per heavy atom. The molecule has 6 heteroatoms. The van der Waals surface area contributed by atoms with Gasteiger partial charge >= 0.3 is 0 Å². The summed E-state index contributed by atoms with van der Waals surface area (Å²) in [4.78, 5) is 19.6. The van der Waals surface area contributed by atoms with E-state index in [1.165, 1.54) is 30.7 Å². The second-order valence-corrected chi connectivity index (χ2v) is 8.53. The molecule has 0 bridgehead atoms. The highest BCUT2D eigenvalue weighted by Crippen LogP contribution is 2.26. The Hall–Kier alpha value is -1.92. The summed E-state index contributed by atoms with van der Waals surface area (Å²) in [5, 5.41) is 5.87. The molecule has 1 aromatic heterocycles. The summed E-state index contributed by atoms with van der Waals surface area (Å²) in [6.45, 7) is 9.55. The number of rotatable bonds is 8. The van der Waals surface area contributed by atoms with Crippen LogP contribution in [0.5, 0.6) is 5.75 Å². The van der Waals surface area contributed by atoms with E-state index >= 15 is 0 Å². The van der Waals surface area contributed by atoms with Gasteiger partial charge in [-0.15, -0.1) is 11.3 Å². The molecule has 1 fully saturated rings. The van der Waals surface area contributed by atoms with E-state index in [9.17, 15) is 4.79 Å². The summed E-state index contributed by atoms with van der Waals surface area (Å²) >= 11 is 1.50. The van der Waals surface area contributed by atoms with Crippen molar-refractivity contribution in [1.29, 1.82) is 0 Å². The summed E-state index contributed by atoms with van der Waals surface area (Å²) in [6, 6.07) is 8.13. The van der Waals surface area contributed by atoms with Gasteiger partial charge < -0.3 is 15.0 Å². The Morgan fingerprint density at radius 1 is 1.29 bits per heavy atom. The van der Waals surface area contributed by atoms with Gasteiger partial charge in [-0.25, -0.2) is 4.98 Å². The van der Waals surface area contributed by atoms with Gasteiger partial charge in [0.05, 0.1) is 6.10 Å². The SMILES string of the molecule is CCCCN1CCC(NC(=O)c2csc(-c3ccc(OC(C)C)cc3)n2)CC1. The van der Waals surface area contributed by atoms with Crippen molar-refractivity contribution in [3.63, 3.8) is 0 Å². The fourth-order valence-corrected chi connectivity index (χ4v) is 4.21. The Kier molecular flexibility index (Phi) is 7.45. The maximum absolute atomic E-state index is 12.6. The molecule has 3 rings (SSSR count). The van der Waals surface area contributed by atoms with Crippen molar-refractivity contribution in [2.45, 2.75) is 58.6 Å². The van der Waals surface area contributed by atoms with Crippen LogP contribution in [-0.4, -0.2) is 47.6 Å². The molecule has 1 aromatic carbocycles. The summed E-state index contributed by atoms with van der Waals surface area (Å²) in [7, 11) is 0. The van der Waals surface area contributed by atoms with Gasteiger partial charge in [-0.2, -0.15) is 0 Å². The number of hydrogen-bond donors (Lipinski definition) is 1. The number of nitrogens with zero attached hydrogens (tertiary/aromatic N) is 2. The number of aromatic nitrogens is 1. The van der Waals surface area contributed by atoms with Gasteiger partial charge in [-0.05, 0) is 63.9 Å². The van der Waals surface area contributed by atoms with E-state index in [-0.39, 0.29) is 18.1 Å². The highest BCUT2D eigenvalue weighted by atomic mass is 32.1. The molecule has 0 saturated carbocycles. The maximum atomic E-state index is 12.6. The van der Waals surface area contributed by atoms with E-state index in [1.54, 1.807) is 0 Å². The Balaban J connectivity index is 1.53. The molecule has 0 unspecified atom stereocenters. The van der Waals surface area contributed by atoms with E-state index in [2.05, 4.69) is 22.1 Å². The number of unbranched alkanes of at least 4 members (excludes halogenated alkanes) is 1. The molecule has 1 aliphatic heterocycles. The minimum absolute atomic E-state index is 0.0609. The van der Waals surface area contributed by atoms with E-state index < -0.39 is 0 Å². The summed E-state index contributed by atoms with van der Waals surface area (Å²) < 4.78 is 5.68. The molecular formula is C22H31N3O2S. The van der Waals surface area contributed by atoms with Crippen molar-refractivity contribution in [3.05, 3.63) is 35.3 Å². The molecule has 28 heavy (non-hydrogen) atoms. The standard InChI is InChI=1S/C22H31N3O2S/c1-4-5-12-25-13-10-18(11-14-25)23-21(26)20-15-28-22(24-20)17-6-8-19(9-7-17)27-16(2)3/h6-9,15-16,18H,4-5,10-14H2,1-3H3,(H,23,26). The summed E-state index contributed by atoms with van der Waals surface area (Å²) in [5.41, 5.74) is 1.51. The van der Waals surface area contributed by atoms with Crippen molar-refractivity contribution in [2.75, 3.05) is 19.6 Å². The molecule has 2 aromatic rings. The molecule has 5 nitrogen and oxygen atoms in total. The van der Waals surface area contributed by atoms with Gasteiger partial charge in [-0.3, -0.25) is 4.79 Å². The van der Waals surface area contributed by atoms with Crippen LogP contribution in [0.1, 0.15) is 56.9 Å². The number of benzene rings is 1. The smallest absolute Gasteiger partial charge is 0.270 e. The van der Waals surface area contributed by atoms with Crippen LogP contribution in [0.4, 0.5) is 0 Å². The number of nitrogens with one attached hydrogen (secondary N) is 1. The fraction of sp³-hybridized carbons (Fsp3) is 0.545. The number of amides is 1. The van der Waals surface area contributed by atoms with Crippen molar-refractivity contribution >= 4 is 17.2 Å². The fourth-order valence-electron chi connectivity index (χ4n) is 3.40. The number of likely N-dealkylation sites (tertiary alicyclic amines) is 1. The van der Waals surface area contributed by atoms with Crippen molar-refractivity contribution < 1.29 is 9.53 Å². The molecule has 1 N–H and O–H groups in total. The first-order valence-electron chi connectivity index (χ1n) is 10.3. The van der Waals surface area contributed by atoms with Gasteiger partial charge in [0.2, 0.25) is 0 Å². The number of thiazole rings is 1. The van der Waals surface area contributed by atoms with Crippen LogP contribution in [-0.2, 0) is 0 Å². The predicted molar refractivity (Wildman–Crippen MR) is 115 cm³/mol. The number of ether oxygens (including phenoxy) is 1. The third-order valence-electron chi connectivity index (χ3n) is 4.96. The van der Waals surface area contributed by atoms with Crippen LogP contribution in [0.3, 0.4) is 0 Å². The quantitative estimate of drug-likeness (QED) is 0.703. The average Bonchev–Trinajstić information content (AvgIpc) is 3.18. The monoisotopic (exact) mass is 401 g/mol. The van der Waals surface area contributed by atoms with Crippen LogP contribution < -0.4 is 10.1 Å². The molecule has 0 spiro atoms. The molecule has 0 atom stereocenters.